The van der Waals surface area contributed by atoms with Crippen molar-refractivity contribution in [1.29, 1.82) is 0 Å². The number of aromatic nitrogens is 1. The lowest BCUT2D eigenvalue weighted by atomic mass is 10.1. The lowest BCUT2D eigenvalue weighted by Gasteiger charge is -2.15. The van der Waals surface area contributed by atoms with Crippen LogP contribution in [0.1, 0.15) is 47.6 Å². The molecule has 0 bridgehead atoms. The van der Waals surface area contributed by atoms with Gasteiger partial charge in [0.2, 0.25) is 0 Å². The number of nitrogens with zero attached hydrogens (tertiary/aromatic N) is 1. The minimum atomic E-state index is -0.575. The Bertz CT molecular complexity index is 1140. The highest BCUT2D eigenvalue weighted by molar-refractivity contribution is 7.07. The van der Waals surface area contributed by atoms with Crippen LogP contribution in [0.25, 0.3) is 0 Å². The lowest BCUT2D eigenvalue weighted by Crippen LogP contribution is -2.17. The summed E-state index contributed by atoms with van der Waals surface area (Å²) in [6.45, 7) is 3.61. The number of aryl methyl sites for hydroxylation is 1. The molecule has 2 N–H and O–H groups in total. The van der Waals surface area contributed by atoms with E-state index in [2.05, 4.69) is 26.8 Å². The third-order valence-corrected chi connectivity index (χ3v) is 6.07. The molecule has 1 aromatic heterocycles. The Morgan fingerprint density at radius 1 is 1.19 bits per heavy atom. The standard InChI is InChI=1S/C24H22ClN3O2S/c1-15-23(27-24(29)30-16(2)20-5-3-4-6-21(20)25)22(31-28-15)14-9-17-7-10-18(11-8-17)26-19-12-13-19/h3-8,10-11,16,19,26H,12-13H2,1-2H3,(H,27,29). The van der Waals surface area contributed by atoms with Crippen LogP contribution in [0.4, 0.5) is 16.2 Å². The summed E-state index contributed by atoms with van der Waals surface area (Å²) in [5, 5.41) is 6.80. The fourth-order valence-electron chi connectivity index (χ4n) is 3.00. The highest BCUT2D eigenvalue weighted by atomic mass is 35.5. The zero-order valence-electron chi connectivity index (χ0n) is 17.2. The van der Waals surface area contributed by atoms with E-state index >= 15 is 0 Å². The van der Waals surface area contributed by atoms with Crippen molar-refractivity contribution in [2.24, 2.45) is 0 Å². The summed E-state index contributed by atoms with van der Waals surface area (Å²) >= 11 is 7.44. The van der Waals surface area contributed by atoms with Crippen LogP contribution in [0.15, 0.2) is 48.5 Å². The molecule has 31 heavy (non-hydrogen) atoms. The summed E-state index contributed by atoms with van der Waals surface area (Å²) in [7, 11) is 0. The van der Waals surface area contributed by atoms with Crippen LogP contribution in [0.3, 0.4) is 0 Å². The van der Waals surface area contributed by atoms with Gasteiger partial charge in [0.25, 0.3) is 0 Å². The van der Waals surface area contributed by atoms with Gasteiger partial charge in [0.15, 0.2) is 0 Å². The first kappa shape index (κ1) is 21.2. The van der Waals surface area contributed by atoms with Crippen LogP contribution >= 0.6 is 23.1 Å². The first-order valence-electron chi connectivity index (χ1n) is 10.1. The molecule has 1 amide bonds. The normalized spacial score (nSPS) is 13.6. The van der Waals surface area contributed by atoms with Gasteiger partial charge in [0, 0.05) is 27.9 Å². The minimum Gasteiger partial charge on any atom is -0.441 e. The van der Waals surface area contributed by atoms with Gasteiger partial charge >= 0.3 is 6.09 Å². The molecule has 158 valence electrons. The fraction of sp³-hybridized carbons (Fsp3) is 0.250. The number of carbonyl (C=O) groups is 1. The zero-order chi connectivity index (χ0) is 21.8. The number of halogens is 1. The topological polar surface area (TPSA) is 63.2 Å². The number of hydrogen-bond donors (Lipinski definition) is 2. The van der Waals surface area contributed by atoms with Gasteiger partial charge < -0.3 is 10.1 Å². The van der Waals surface area contributed by atoms with E-state index < -0.39 is 12.2 Å². The van der Waals surface area contributed by atoms with Crippen LogP contribution in [-0.4, -0.2) is 16.5 Å². The Morgan fingerprint density at radius 3 is 2.65 bits per heavy atom. The molecule has 1 fully saturated rings. The summed E-state index contributed by atoms with van der Waals surface area (Å²) in [6, 6.07) is 15.9. The molecule has 1 unspecified atom stereocenters. The monoisotopic (exact) mass is 451 g/mol. The molecule has 0 spiro atoms. The number of amides is 1. The predicted molar refractivity (Wildman–Crippen MR) is 126 cm³/mol. The zero-order valence-corrected chi connectivity index (χ0v) is 18.8. The number of rotatable bonds is 5. The second-order valence-electron chi connectivity index (χ2n) is 7.41. The molecule has 1 aliphatic rings. The van der Waals surface area contributed by atoms with Crippen LogP contribution < -0.4 is 10.6 Å². The van der Waals surface area contributed by atoms with Gasteiger partial charge in [-0.1, -0.05) is 35.7 Å². The number of carbonyl (C=O) groups excluding carboxylic acids is 1. The summed E-state index contributed by atoms with van der Waals surface area (Å²) in [5.41, 5.74) is 4.02. The van der Waals surface area contributed by atoms with E-state index in [0.29, 0.717) is 27.3 Å². The molecule has 4 rings (SSSR count). The first-order valence-corrected chi connectivity index (χ1v) is 11.2. The molecule has 0 saturated heterocycles. The summed E-state index contributed by atoms with van der Waals surface area (Å²) in [6.07, 6.45) is 1.41. The Morgan fingerprint density at radius 2 is 1.94 bits per heavy atom. The molecule has 1 saturated carbocycles. The Kier molecular flexibility index (Phi) is 6.45. The van der Waals surface area contributed by atoms with Gasteiger partial charge in [0.1, 0.15) is 11.0 Å². The molecule has 2 aromatic carbocycles. The second kappa shape index (κ2) is 9.42. The van der Waals surface area contributed by atoms with Crippen molar-refractivity contribution >= 4 is 40.6 Å². The molecule has 5 nitrogen and oxygen atoms in total. The molecule has 0 radical (unpaired) electrons. The minimum absolute atomic E-state index is 0.488. The summed E-state index contributed by atoms with van der Waals surface area (Å²) < 4.78 is 9.83. The van der Waals surface area contributed by atoms with Crippen LogP contribution in [0, 0.1) is 18.8 Å². The van der Waals surface area contributed by atoms with E-state index in [9.17, 15) is 4.79 Å². The number of anilines is 2. The maximum absolute atomic E-state index is 12.5. The maximum atomic E-state index is 12.5. The fourth-order valence-corrected chi connectivity index (χ4v) is 4.00. The van der Waals surface area contributed by atoms with Gasteiger partial charge in [-0.25, -0.2) is 4.79 Å². The van der Waals surface area contributed by atoms with Crippen molar-refractivity contribution < 1.29 is 9.53 Å². The van der Waals surface area contributed by atoms with Gasteiger partial charge in [-0.15, -0.1) is 0 Å². The van der Waals surface area contributed by atoms with Crippen molar-refractivity contribution in [2.45, 2.75) is 38.8 Å². The van der Waals surface area contributed by atoms with Crippen molar-refractivity contribution in [3.63, 3.8) is 0 Å². The van der Waals surface area contributed by atoms with E-state index in [0.717, 1.165) is 16.8 Å². The van der Waals surface area contributed by atoms with E-state index in [1.807, 2.05) is 49.4 Å². The first-order chi connectivity index (χ1) is 15.0. The van der Waals surface area contributed by atoms with Crippen molar-refractivity contribution in [2.75, 3.05) is 10.6 Å². The van der Waals surface area contributed by atoms with Crippen LogP contribution in [0.2, 0.25) is 5.02 Å². The van der Waals surface area contributed by atoms with Gasteiger partial charge in [0.05, 0.1) is 11.4 Å². The predicted octanol–water partition coefficient (Wildman–Crippen LogP) is 6.39. The molecule has 1 atom stereocenters. The average molecular weight is 452 g/mol. The highest BCUT2D eigenvalue weighted by Gasteiger charge is 2.20. The molecular weight excluding hydrogens is 430 g/mol. The molecule has 1 aliphatic carbocycles. The van der Waals surface area contributed by atoms with E-state index in [1.54, 1.807) is 13.0 Å². The van der Waals surface area contributed by atoms with Crippen LogP contribution in [0.5, 0.6) is 0 Å². The number of benzene rings is 2. The van der Waals surface area contributed by atoms with E-state index in [4.69, 9.17) is 16.3 Å². The van der Waals surface area contributed by atoms with Gasteiger partial charge in [-0.3, -0.25) is 5.32 Å². The number of nitrogens with one attached hydrogen (secondary N) is 2. The van der Waals surface area contributed by atoms with E-state index in [1.165, 1.54) is 24.4 Å². The Labute approximate surface area is 191 Å². The molecule has 1 heterocycles. The molecule has 3 aromatic rings. The van der Waals surface area contributed by atoms with Crippen molar-refractivity contribution in [3.05, 3.63) is 75.3 Å². The van der Waals surface area contributed by atoms with Gasteiger partial charge in [-0.2, -0.15) is 4.37 Å². The summed E-state index contributed by atoms with van der Waals surface area (Å²) in [4.78, 5) is 13.1. The molecular formula is C24H22ClN3O2S. The number of ether oxygens (including phenoxy) is 1. The van der Waals surface area contributed by atoms with Gasteiger partial charge in [-0.05, 0) is 74.5 Å². The van der Waals surface area contributed by atoms with Crippen molar-refractivity contribution in [1.82, 2.24) is 4.37 Å². The van der Waals surface area contributed by atoms with Crippen LogP contribution in [-0.2, 0) is 4.74 Å². The number of hydrogen-bond acceptors (Lipinski definition) is 5. The Hall–Kier alpha value is -3.01. The molecule has 0 aliphatic heterocycles. The second-order valence-corrected chi connectivity index (χ2v) is 8.59. The third-order valence-electron chi connectivity index (χ3n) is 4.87. The lowest BCUT2D eigenvalue weighted by molar-refractivity contribution is 0.121. The molecule has 7 heteroatoms. The quantitative estimate of drug-likeness (QED) is 0.441. The summed E-state index contributed by atoms with van der Waals surface area (Å²) in [5.74, 6) is 6.26. The highest BCUT2D eigenvalue weighted by Crippen LogP contribution is 2.28. The van der Waals surface area contributed by atoms with E-state index in [-0.39, 0.29) is 0 Å². The largest absolute Gasteiger partial charge is 0.441 e. The smallest absolute Gasteiger partial charge is 0.412 e. The maximum Gasteiger partial charge on any atom is 0.412 e. The van der Waals surface area contributed by atoms with Crippen molar-refractivity contribution in [3.8, 4) is 11.8 Å². The third kappa shape index (κ3) is 5.57. The SMILES string of the molecule is Cc1nsc(C#Cc2ccc(NC3CC3)cc2)c1NC(=O)OC(C)c1ccccc1Cl. The Balaban J connectivity index is 1.42. The average Bonchev–Trinajstić information content (AvgIpc) is 3.51.